The topological polar surface area (TPSA) is 44.1 Å². The highest BCUT2D eigenvalue weighted by molar-refractivity contribution is 5.95. The van der Waals surface area contributed by atoms with Crippen LogP contribution in [0.1, 0.15) is 15.9 Å². The third kappa shape index (κ3) is 2.05. The molecule has 0 fully saturated rings. The van der Waals surface area contributed by atoms with Crippen molar-refractivity contribution in [1.82, 2.24) is 9.55 Å². The molecule has 0 radical (unpaired) electrons. The van der Waals surface area contributed by atoms with Crippen LogP contribution in [0.3, 0.4) is 0 Å². The van der Waals surface area contributed by atoms with E-state index in [1.165, 1.54) is 7.11 Å². The average Bonchev–Trinajstić information content (AvgIpc) is 2.90. The number of methoxy groups -OCH3 is 1. The van der Waals surface area contributed by atoms with E-state index in [0.717, 1.165) is 22.3 Å². The van der Waals surface area contributed by atoms with Gasteiger partial charge in [-0.25, -0.2) is 9.78 Å². The average molecular weight is 266 g/mol. The Bertz CT molecular complexity index is 773. The molecule has 3 rings (SSSR count). The zero-order valence-electron chi connectivity index (χ0n) is 11.3. The lowest BCUT2D eigenvalue weighted by Gasteiger charge is -2.06. The zero-order valence-corrected chi connectivity index (χ0v) is 11.3. The van der Waals surface area contributed by atoms with Crippen molar-refractivity contribution in [2.24, 2.45) is 0 Å². The van der Waals surface area contributed by atoms with Gasteiger partial charge >= 0.3 is 5.97 Å². The van der Waals surface area contributed by atoms with Crippen molar-refractivity contribution in [1.29, 1.82) is 0 Å². The first-order valence-corrected chi connectivity index (χ1v) is 6.31. The molecule has 2 heterocycles. The Kier molecular flexibility index (Phi) is 2.99. The van der Waals surface area contributed by atoms with Crippen molar-refractivity contribution >= 4 is 16.9 Å². The van der Waals surface area contributed by atoms with Crippen molar-refractivity contribution in [3.8, 4) is 5.82 Å². The first-order valence-electron chi connectivity index (χ1n) is 6.31. The van der Waals surface area contributed by atoms with Crippen LogP contribution < -0.4 is 0 Å². The molecule has 0 bridgehead atoms. The fourth-order valence-electron chi connectivity index (χ4n) is 2.18. The Morgan fingerprint density at radius 3 is 2.75 bits per heavy atom. The van der Waals surface area contributed by atoms with Gasteiger partial charge in [0.05, 0.1) is 18.2 Å². The van der Waals surface area contributed by atoms with E-state index < -0.39 is 0 Å². The molecule has 0 aliphatic heterocycles. The van der Waals surface area contributed by atoms with Crippen molar-refractivity contribution in [2.45, 2.75) is 6.92 Å². The summed E-state index contributed by atoms with van der Waals surface area (Å²) in [7, 11) is 1.38. The van der Waals surface area contributed by atoms with Crippen molar-refractivity contribution < 1.29 is 9.53 Å². The van der Waals surface area contributed by atoms with Gasteiger partial charge in [-0.2, -0.15) is 0 Å². The normalized spacial score (nSPS) is 10.7. The number of hydrogen-bond donors (Lipinski definition) is 0. The maximum atomic E-state index is 11.6. The fourth-order valence-corrected chi connectivity index (χ4v) is 2.18. The Labute approximate surface area is 116 Å². The van der Waals surface area contributed by atoms with Gasteiger partial charge in [0, 0.05) is 17.8 Å². The number of benzene rings is 1. The van der Waals surface area contributed by atoms with Crippen LogP contribution in [0.5, 0.6) is 0 Å². The molecule has 0 amide bonds. The van der Waals surface area contributed by atoms with E-state index in [1.54, 1.807) is 6.07 Å². The van der Waals surface area contributed by atoms with Crippen LogP contribution in [0.2, 0.25) is 0 Å². The lowest BCUT2D eigenvalue weighted by Crippen LogP contribution is -2.02. The Morgan fingerprint density at radius 1 is 1.20 bits per heavy atom. The molecule has 4 nitrogen and oxygen atoms in total. The SMILES string of the molecule is COC(=O)c1ccc2ccn(-c3ccc(C)cn3)c2c1. The van der Waals surface area contributed by atoms with E-state index in [1.807, 2.05) is 54.2 Å². The lowest BCUT2D eigenvalue weighted by atomic mass is 10.1. The highest BCUT2D eigenvalue weighted by Crippen LogP contribution is 2.21. The summed E-state index contributed by atoms with van der Waals surface area (Å²) in [6, 6.07) is 11.5. The van der Waals surface area contributed by atoms with Crippen LogP contribution in [0, 0.1) is 6.92 Å². The first-order chi connectivity index (χ1) is 9.69. The predicted molar refractivity (Wildman–Crippen MR) is 77.1 cm³/mol. The smallest absolute Gasteiger partial charge is 0.337 e. The molecule has 0 saturated heterocycles. The summed E-state index contributed by atoms with van der Waals surface area (Å²) in [4.78, 5) is 16.0. The Hall–Kier alpha value is -2.62. The third-order valence-corrected chi connectivity index (χ3v) is 3.26. The highest BCUT2D eigenvalue weighted by Gasteiger charge is 2.09. The molecule has 2 aromatic heterocycles. The molecule has 0 spiro atoms. The van der Waals surface area contributed by atoms with Gasteiger partial charge in [-0.15, -0.1) is 0 Å². The number of fused-ring (bicyclic) bond motifs is 1. The van der Waals surface area contributed by atoms with Crippen molar-refractivity contribution in [3.63, 3.8) is 0 Å². The van der Waals surface area contributed by atoms with E-state index in [-0.39, 0.29) is 5.97 Å². The second kappa shape index (κ2) is 4.81. The number of carbonyl (C=O) groups is 1. The van der Waals surface area contributed by atoms with Crippen LogP contribution >= 0.6 is 0 Å². The second-order valence-electron chi connectivity index (χ2n) is 4.64. The van der Waals surface area contributed by atoms with Crippen LogP contribution in [0.25, 0.3) is 16.7 Å². The summed E-state index contributed by atoms with van der Waals surface area (Å²) in [6.07, 6.45) is 3.77. The molecule has 4 heteroatoms. The summed E-state index contributed by atoms with van der Waals surface area (Å²) in [5.41, 5.74) is 2.58. The number of pyridine rings is 1. The summed E-state index contributed by atoms with van der Waals surface area (Å²) < 4.78 is 6.72. The number of rotatable bonds is 2. The summed E-state index contributed by atoms with van der Waals surface area (Å²) in [5.74, 6) is 0.490. The molecule has 1 aromatic carbocycles. The Balaban J connectivity index is 2.16. The molecule has 0 unspecified atom stereocenters. The van der Waals surface area contributed by atoms with Crippen LogP contribution in [0.15, 0.2) is 48.8 Å². The lowest BCUT2D eigenvalue weighted by molar-refractivity contribution is 0.0601. The number of ether oxygens (including phenoxy) is 1. The number of hydrogen-bond acceptors (Lipinski definition) is 3. The molecule has 0 aliphatic carbocycles. The largest absolute Gasteiger partial charge is 0.465 e. The minimum absolute atomic E-state index is 0.337. The summed E-state index contributed by atoms with van der Waals surface area (Å²) in [5, 5.41) is 1.06. The minimum Gasteiger partial charge on any atom is -0.465 e. The quantitative estimate of drug-likeness (QED) is 0.669. The van der Waals surface area contributed by atoms with Crippen LogP contribution in [-0.4, -0.2) is 22.6 Å². The number of nitrogens with zero attached hydrogens (tertiary/aromatic N) is 2. The molecule has 0 atom stereocenters. The van der Waals surface area contributed by atoms with E-state index in [2.05, 4.69) is 4.98 Å². The standard InChI is InChI=1S/C16H14N2O2/c1-11-3-6-15(17-10-11)18-8-7-12-4-5-13(9-14(12)18)16(19)20-2/h3-10H,1-2H3. The number of carbonyl (C=O) groups excluding carboxylic acids is 1. The van der Waals surface area contributed by atoms with Gasteiger partial charge in [0.1, 0.15) is 5.82 Å². The maximum absolute atomic E-state index is 11.6. The van der Waals surface area contributed by atoms with Crippen LogP contribution in [0.4, 0.5) is 0 Å². The van der Waals surface area contributed by atoms with Gasteiger partial charge in [0.2, 0.25) is 0 Å². The van der Waals surface area contributed by atoms with Gasteiger partial charge < -0.3 is 9.30 Å². The molecular formula is C16H14N2O2. The second-order valence-corrected chi connectivity index (χ2v) is 4.64. The molecule has 0 aliphatic rings. The highest BCUT2D eigenvalue weighted by atomic mass is 16.5. The van der Waals surface area contributed by atoms with Gasteiger partial charge in [0.25, 0.3) is 0 Å². The van der Waals surface area contributed by atoms with Gasteiger partial charge in [-0.3, -0.25) is 0 Å². The van der Waals surface area contributed by atoms with Crippen molar-refractivity contribution in [3.05, 3.63) is 59.9 Å². The predicted octanol–water partition coefficient (Wildman–Crippen LogP) is 3.12. The third-order valence-electron chi connectivity index (χ3n) is 3.26. The molecular weight excluding hydrogens is 252 g/mol. The van der Waals surface area contributed by atoms with E-state index >= 15 is 0 Å². The number of aryl methyl sites for hydroxylation is 1. The molecule has 100 valence electrons. The first kappa shape index (κ1) is 12.4. The van der Waals surface area contributed by atoms with Gasteiger partial charge in [-0.1, -0.05) is 12.1 Å². The van der Waals surface area contributed by atoms with Crippen LogP contribution in [-0.2, 0) is 4.74 Å². The maximum Gasteiger partial charge on any atom is 0.337 e. The zero-order chi connectivity index (χ0) is 14.1. The molecule has 3 aromatic rings. The van der Waals surface area contributed by atoms with Gasteiger partial charge in [-0.05, 0) is 36.8 Å². The molecule has 0 saturated carbocycles. The minimum atomic E-state index is -0.337. The number of aromatic nitrogens is 2. The monoisotopic (exact) mass is 266 g/mol. The summed E-state index contributed by atoms with van der Waals surface area (Å²) >= 11 is 0. The Morgan fingerprint density at radius 2 is 2.05 bits per heavy atom. The van der Waals surface area contributed by atoms with Gasteiger partial charge in [0.15, 0.2) is 0 Å². The van der Waals surface area contributed by atoms with E-state index in [4.69, 9.17) is 4.74 Å². The fraction of sp³-hybridized carbons (Fsp3) is 0.125. The van der Waals surface area contributed by atoms with Crippen molar-refractivity contribution in [2.75, 3.05) is 7.11 Å². The molecule has 20 heavy (non-hydrogen) atoms. The van der Waals surface area contributed by atoms with E-state index in [9.17, 15) is 4.79 Å². The van der Waals surface area contributed by atoms with E-state index in [0.29, 0.717) is 5.56 Å². The number of esters is 1. The summed E-state index contributed by atoms with van der Waals surface area (Å²) in [6.45, 7) is 2.00. The molecule has 0 N–H and O–H groups in total.